The zero-order valence-corrected chi connectivity index (χ0v) is 12.8. The van der Waals surface area contributed by atoms with Crippen molar-refractivity contribution in [1.29, 1.82) is 0 Å². The number of aryl methyl sites for hydroxylation is 1. The third-order valence-electron chi connectivity index (χ3n) is 3.19. The number of imidazole rings is 1. The molecule has 1 amide bonds. The van der Waals surface area contributed by atoms with Crippen LogP contribution in [0.15, 0.2) is 35.2 Å². The first kappa shape index (κ1) is 15.3. The van der Waals surface area contributed by atoms with Crippen LogP contribution in [0.4, 0.5) is 0 Å². The Morgan fingerprint density at radius 3 is 2.67 bits per heavy atom. The summed E-state index contributed by atoms with van der Waals surface area (Å²) in [5.74, 6) is 1.48. The minimum absolute atomic E-state index is 0.0456. The van der Waals surface area contributed by atoms with Crippen molar-refractivity contribution in [2.24, 2.45) is 7.05 Å². The summed E-state index contributed by atoms with van der Waals surface area (Å²) in [6.45, 7) is 5.71. The maximum Gasteiger partial charge on any atom is 0.237 e. The normalized spacial score (nSPS) is 14.1. The number of furan rings is 1. The van der Waals surface area contributed by atoms with Crippen LogP contribution in [0.2, 0.25) is 0 Å². The van der Waals surface area contributed by atoms with Crippen LogP contribution in [0.5, 0.6) is 0 Å². The van der Waals surface area contributed by atoms with Crippen molar-refractivity contribution in [3.8, 4) is 0 Å². The molecule has 21 heavy (non-hydrogen) atoms. The largest absolute Gasteiger partial charge is 0.467 e. The number of nitrogens with zero attached hydrogens (tertiary/aromatic N) is 2. The van der Waals surface area contributed by atoms with E-state index in [9.17, 15) is 4.79 Å². The van der Waals surface area contributed by atoms with Crippen molar-refractivity contribution in [1.82, 2.24) is 20.2 Å². The summed E-state index contributed by atoms with van der Waals surface area (Å²) in [5, 5.41) is 6.17. The van der Waals surface area contributed by atoms with Crippen molar-refractivity contribution in [2.75, 3.05) is 0 Å². The lowest BCUT2D eigenvalue weighted by Gasteiger charge is -2.22. The van der Waals surface area contributed by atoms with Crippen LogP contribution in [0, 0.1) is 0 Å². The Hall–Kier alpha value is -2.08. The van der Waals surface area contributed by atoms with Gasteiger partial charge in [0.1, 0.15) is 17.6 Å². The van der Waals surface area contributed by atoms with Gasteiger partial charge in [-0.15, -0.1) is 0 Å². The van der Waals surface area contributed by atoms with Crippen molar-refractivity contribution < 1.29 is 9.21 Å². The Morgan fingerprint density at radius 2 is 2.14 bits per heavy atom. The Bertz CT molecular complexity index is 574. The number of hydrogen-bond acceptors (Lipinski definition) is 4. The summed E-state index contributed by atoms with van der Waals surface area (Å²) < 4.78 is 7.40. The highest BCUT2D eigenvalue weighted by Gasteiger charge is 2.25. The van der Waals surface area contributed by atoms with Crippen LogP contribution >= 0.6 is 0 Å². The van der Waals surface area contributed by atoms with E-state index in [1.165, 1.54) is 0 Å². The van der Waals surface area contributed by atoms with Crippen molar-refractivity contribution >= 4 is 5.91 Å². The standard InChI is InChI=1S/C15H22N4O2/c1-10(2)17-15(20)11(3)18-13(12-6-5-9-21-12)14-16-7-8-19(14)4/h5-11,13,18H,1-4H3,(H,17,20). The molecule has 2 unspecified atom stereocenters. The van der Waals surface area contributed by atoms with Gasteiger partial charge in [0.2, 0.25) is 5.91 Å². The van der Waals surface area contributed by atoms with E-state index in [1.807, 2.05) is 50.7 Å². The van der Waals surface area contributed by atoms with E-state index in [2.05, 4.69) is 15.6 Å². The van der Waals surface area contributed by atoms with E-state index in [4.69, 9.17) is 4.42 Å². The number of nitrogens with one attached hydrogen (secondary N) is 2. The maximum atomic E-state index is 12.1. The molecule has 0 spiro atoms. The average Bonchev–Trinajstić information content (AvgIpc) is 3.06. The topological polar surface area (TPSA) is 72.1 Å². The second-order valence-electron chi connectivity index (χ2n) is 5.40. The van der Waals surface area contributed by atoms with Crippen molar-refractivity contribution in [2.45, 2.75) is 38.9 Å². The fraction of sp³-hybridized carbons (Fsp3) is 0.467. The fourth-order valence-electron chi connectivity index (χ4n) is 2.13. The van der Waals surface area contributed by atoms with Crippen LogP contribution in [0.25, 0.3) is 0 Å². The minimum Gasteiger partial charge on any atom is -0.467 e. The van der Waals surface area contributed by atoms with Gasteiger partial charge in [0.15, 0.2) is 0 Å². The average molecular weight is 290 g/mol. The molecule has 0 saturated carbocycles. The van der Waals surface area contributed by atoms with Gasteiger partial charge < -0.3 is 14.3 Å². The zero-order chi connectivity index (χ0) is 15.4. The highest BCUT2D eigenvalue weighted by Crippen LogP contribution is 2.21. The number of carbonyl (C=O) groups excluding carboxylic acids is 1. The molecule has 0 bridgehead atoms. The molecule has 0 aliphatic carbocycles. The smallest absolute Gasteiger partial charge is 0.237 e. The first-order chi connectivity index (χ1) is 9.99. The van der Waals surface area contributed by atoms with E-state index < -0.39 is 0 Å². The van der Waals surface area contributed by atoms with Crippen LogP contribution in [-0.4, -0.2) is 27.5 Å². The molecule has 2 aromatic heterocycles. The zero-order valence-electron chi connectivity index (χ0n) is 12.8. The lowest BCUT2D eigenvalue weighted by Crippen LogP contribution is -2.46. The summed E-state index contributed by atoms with van der Waals surface area (Å²) in [6, 6.07) is 3.18. The van der Waals surface area contributed by atoms with Gasteiger partial charge in [0, 0.05) is 25.5 Å². The lowest BCUT2D eigenvalue weighted by molar-refractivity contribution is -0.123. The maximum absolute atomic E-state index is 12.1. The first-order valence-corrected chi connectivity index (χ1v) is 7.06. The Morgan fingerprint density at radius 1 is 1.38 bits per heavy atom. The molecule has 2 aromatic rings. The first-order valence-electron chi connectivity index (χ1n) is 7.06. The highest BCUT2D eigenvalue weighted by atomic mass is 16.3. The lowest BCUT2D eigenvalue weighted by atomic mass is 10.1. The molecule has 0 aliphatic heterocycles. The van der Waals surface area contributed by atoms with Crippen LogP contribution in [0.1, 0.15) is 38.4 Å². The molecule has 114 valence electrons. The summed E-state index contributed by atoms with van der Waals surface area (Å²) >= 11 is 0. The van der Waals surface area contributed by atoms with Gasteiger partial charge in [0.05, 0.1) is 12.3 Å². The fourth-order valence-corrected chi connectivity index (χ4v) is 2.13. The van der Waals surface area contributed by atoms with Gasteiger partial charge in [-0.3, -0.25) is 10.1 Å². The molecule has 2 heterocycles. The molecule has 0 aliphatic rings. The monoisotopic (exact) mass is 290 g/mol. The third kappa shape index (κ3) is 3.72. The van der Waals surface area contributed by atoms with Gasteiger partial charge in [-0.05, 0) is 32.9 Å². The molecule has 2 atom stereocenters. The minimum atomic E-state index is -0.362. The van der Waals surface area contributed by atoms with Crippen molar-refractivity contribution in [3.63, 3.8) is 0 Å². The molecule has 6 nitrogen and oxygen atoms in total. The molecular weight excluding hydrogens is 268 g/mol. The molecule has 2 N–H and O–H groups in total. The number of amides is 1. The highest BCUT2D eigenvalue weighted by molar-refractivity contribution is 5.81. The Labute approximate surface area is 124 Å². The van der Waals surface area contributed by atoms with E-state index >= 15 is 0 Å². The van der Waals surface area contributed by atoms with Crippen LogP contribution in [0.3, 0.4) is 0 Å². The Balaban J connectivity index is 2.18. The van der Waals surface area contributed by atoms with Gasteiger partial charge in [-0.1, -0.05) is 0 Å². The number of carbonyl (C=O) groups is 1. The Kier molecular flexibility index (Phi) is 4.80. The third-order valence-corrected chi connectivity index (χ3v) is 3.19. The van der Waals surface area contributed by atoms with Gasteiger partial charge in [-0.2, -0.15) is 0 Å². The molecule has 0 fully saturated rings. The summed E-state index contributed by atoms with van der Waals surface area (Å²) in [6.07, 6.45) is 5.21. The quantitative estimate of drug-likeness (QED) is 0.847. The van der Waals surface area contributed by atoms with Gasteiger partial charge >= 0.3 is 0 Å². The second kappa shape index (κ2) is 6.58. The second-order valence-corrected chi connectivity index (χ2v) is 5.40. The number of aromatic nitrogens is 2. The molecular formula is C15H22N4O2. The summed E-state index contributed by atoms with van der Waals surface area (Å²) in [4.78, 5) is 16.4. The predicted molar refractivity (Wildman–Crippen MR) is 79.6 cm³/mol. The van der Waals surface area contributed by atoms with Crippen LogP contribution in [-0.2, 0) is 11.8 Å². The SMILES string of the molecule is CC(C)NC(=O)C(C)NC(c1ccco1)c1nccn1C. The molecule has 0 aromatic carbocycles. The van der Waals surface area contributed by atoms with Crippen molar-refractivity contribution in [3.05, 3.63) is 42.4 Å². The van der Waals surface area contributed by atoms with E-state index in [0.717, 1.165) is 11.6 Å². The molecule has 6 heteroatoms. The van der Waals surface area contributed by atoms with Gasteiger partial charge in [0.25, 0.3) is 0 Å². The summed E-state index contributed by atoms with van der Waals surface area (Å²) in [5.41, 5.74) is 0. The predicted octanol–water partition coefficient (Wildman–Crippen LogP) is 1.61. The van der Waals surface area contributed by atoms with Crippen LogP contribution < -0.4 is 10.6 Å². The summed E-state index contributed by atoms with van der Waals surface area (Å²) in [7, 11) is 1.92. The van der Waals surface area contributed by atoms with E-state index in [0.29, 0.717) is 0 Å². The van der Waals surface area contributed by atoms with E-state index in [-0.39, 0.29) is 24.0 Å². The molecule has 2 rings (SSSR count). The number of rotatable bonds is 6. The van der Waals surface area contributed by atoms with Gasteiger partial charge in [-0.25, -0.2) is 4.98 Å². The number of hydrogen-bond donors (Lipinski definition) is 2. The molecule has 0 saturated heterocycles. The molecule has 0 radical (unpaired) electrons. The van der Waals surface area contributed by atoms with E-state index in [1.54, 1.807) is 12.5 Å².